The summed E-state index contributed by atoms with van der Waals surface area (Å²) in [5, 5.41) is 5.79. The molecule has 220 valence electrons. The van der Waals surface area contributed by atoms with Crippen LogP contribution in [-0.4, -0.2) is 42.3 Å². The van der Waals surface area contributed by atoms with Crippen LogP contribution in [0.25, 0.3) is 28.0 Å². The summed E-state index contributed by atoms with van der Waals surface area (Å²) < 4.78 is 24.0. The fourth-order valence-corrected chi connectivity index (χ4v) is 6.10. The summed E-state index contributed by atoms with van der Waals surface area (Å²) in [6.07, 6.45) is 8.37. The topological polar surface area (TPSA) is 101 Å². The largest absolute Gasteiger partial charge is 0.598 e. The average Bonchev–Trinajstić information content (AvgIpc) is 3.37. The van der Waals surface area contributed by atoms with Gasteiger partial charge in [0.15, 0.2) is 14.1 Å². The zero-order chi connectivity index (χ0) is 29.8. The molecule has 0 aliphatic carbocycles. The fraction of sp³-hybridized carbons (Fsp3) is 0.484. The fourth-order valence-electron chi connectivity index (χ4n) is 4.16. The van der Waals surface area contributed by atoms with Crippen molar-refractivity contribution in [1.82, 2.24) is 29.5 Å². The Bertz CT molecular complexity index is 1470. The van der Waals surface area contributed by atoms with Gasteiger partial charge >= 0.3 is 0 Å². The number of hydrogen-bond acceptors (Lipinski definition) is 7. The molecule has 0 saturated heterocycles. The molecule has 0 radical (unpaired) electrons. The first kappa shape index (κ1) is 31.3. The summed E-state index contributed by atoms with van der Waals surface area (Å²) in [5.41, 5.74) is 4.23. The molecule has 10 heteroatoms. The van der Waals surface area contributed by atoms with Gasteiger partial charge in [0.25, 0.3) is 0 Å². The molecular formula is C31H44N6O2SSi. The molecule has 4 aromatic rings. The molecule has 0 aliphatic rings. The Morgan fingerprint density at radius 1 is 1.00 bits per heavy atom. The maximum Gasteiger partial charge on any atom is 0.192 e. The number of rotatable bonds is 12. The summed E-state index contributed by atoms with van der Waals surface area (Å²) in [7, 11) is -1.89. The zero-order valence-corrected chi connectivity index (χ0v) is 27.5. The van der Waals surface area contributed by atoms with Crippen molar-refractivity contribution < 1.29 is 8.98 Å². The Hall–Kier alpha value is -2.63. The SMILES string of the molecule is CCCCC(C)(C)[S@@+]([O-])NCc1cncc(-c2ccc3cnn(-c4cccc(CO[Si](C)(C)C(C)(C)C)n4)c3c2)n1. The van der Waals surface area contributed by atoms with Gasteiger partial charge in [0.05, 0.1) is 48.1 Å². The lowest BCUT2D eigenvalue weighted by Gasteiger charge is -2.36. The molecule has 0 aliphatic heterocycles. The Labute approximate surface area is 248 Å². The van der Waals surface area contributed by atoms with Crippen LogP contribution < -0.4 is 4.72 Å². The van der Waals surface area contributed by atoms with Crippen LogP contribution in [0.2, 0.25) is 18.1 Å². The molecule has 3 heterocycles. The highest BCUT2D eigenvalue weighted by atomic mass is 32.2. The van der Waals surface area contributed by atoms with Crippen molar-refractivity contribution in [3.05, 3.63) is 66.4 Å². The molecule has 1 aromatic carbocycles. The standard InChI is InChI=1S/C31H44N6O2SSi/c1-9-10-16-31(5,6)40(38)34-20-26-19-32-21-27(35-26)23-14-15-24-18-33-37(28(24)17-23)29-13-11-12-25(36-29)22-39-41(7,8)30(2,3)4/h11-15,17-19,21,34H,9-10,16,20,22H2,1-8H3/t40-/m1/s1. The number of hydrogen-bond donors (Lipinski definition) is 1. The molecule has 1 atom stereocenters. The first-order chi connectivity index (χ1) is 19.3. The molecule has 1 N–H and O–H groups in total. The quantitative estimate of drug-likeness (QED) is 0.138. The van der Waals surface area contributed by atoms with E-state index in [-0.39, 0.29) is 9.79 Å². The molecule has 3 aromatic heterocycles. The van der Waals surface area contributed by atoms with E-state index in [1.54, 1.807) is 12.4 Å². The smallest absolute Gasteiger partial charge is 0.192 e. The van der Waals surface area contributed by atoms with Crippen LogP contribution in [0, 0.1) is 0 Å². The van der Waals surface area contributed by atoms with Crippen LogP contribution >= 0.6 is 0 Å². The molecule has 41 heavy (non-hydrogen) atoms. The first-order valence-electron chi connectivity index (χ1n) is 14.4. The van der Waals surface area contributed by atoms with E-state index < -0.39 is 19.7 Å². The van der Waals surface area contributed by atoms with E-state index >= 15 is 0 Å². The minimum absolute atomic E-state index is 0.137. The Balaban J connectivity index is 1.53. The average molecular weight is 593 g/mol. The van der Waals surface area contributed by atoms with Gasteiger partial charge in [-0.3, -0.25) is 4.98 Å². The predicted molar refractivity (Wildman–Crippen MR) is 170 cm³/mol. The number of aromatic nitrogens is 5. The van der Waals surface area contributed by atoms with E-state index in [9.17, 15) is 4.55 Å². The van der Waals surface area contributed by atoms with Crippen LogP contribution in [0.4, 0.5) is 0 Å². The van der Waals surface area contributed by atoms with Gasteiger partial charge in [-0.2, -0.15) is 5.10 Å². The van der Waals surface area contributed by atoms with Gasteiger partial charge in [0, 0.05) is 28.5 Å². The van der Waals surface area contributed by atoms with Gasteiger partial charge in [-0.25, -0.2) is 14.6 Å². The van der Waals surface area contributed by atoms with Crippen molar-refractivity contribution >= 4 is 30.6 Å². The van der Waals surface area contributed by atoms with Gasteiger partial charge in [-0.15, -0.1) is 4.72 Å². The van der Waals surface area contributed by atoms with Gasteiger partial charge in [-0.1, -0.05) is 52.3 Å². The van der Waals surface area contributed by atoms with Crippen molar-refractivity contribution in [2.24, 2.45) is 0 Å². The lowest BCUT2D eigenvalue weighted by atomic mass is 10.1. The second-order valence-corrected chi connectivity index (χ2v) is 19.5. The first-order valence-corrected chi connectivity index (χ1v) is 18.4. The molecule has 8 nitrogen and oxygen atoms in total. The highest BCUT2D eigenvalue weighted by Crippen LogP contribution is 2.37. The monoisotopic (exact) mass is 592 g/mol. The van der Waals surface area contributed by atoms with E-state index in [0.29, 0.717) is 13.2 Å². The number of nitrogens with zero attached hydrogens (tertiary/aromatic N) is 5. The summed E-state index contributed by atoms with van der Waals surface area (Å²) in [6.45, 7) is 18.3. The van der Waals surface area contributed by atoms with Crippen molar-refractivity contribution in [3.63, 3.8) is 0 Å². The predicted octanol–water partition coefficient (Wildman–Crippen LogP) is 7.12. The maximum atomic E-state index is 12.9. The van der Waals surface area contributed by atoms with Crippen LogP contribution in [0.3, 0.4) is 0 Å². The van der Waals surface area contributed by atoms with Gasteiger partial charge in [-0.05, 0) is 63.0 Å². The third kappa shape index (κ3) is 7.61. The summed E-state index contributed by atoms with van der Waals surface area (Å²) in [4.78, 5) is 14.1. The molecule has 4 rings (SSSR count). The molecule has 0 bridgehead atoms. The molecule has 0 unspecified atom stereocenters. The van der Waals surface area contributed by atoms with Gasteiger partial charge in [0.1, 0.15) is 4.75 Å². The van der Waals surface area contributed by atoms with Crippen molar-refractivity contribution in [3.8, 4) is 17.1 Å². The molecule has 0 fully saturated rings. The Kier molecular flexibility index (Phi) is 9.70. The van der Waals surface area contributed by atoms with E-state index in [1.165, 1.54) is 0 Å². The van der Waals surface area contributed by atoms with E-state index in [0.717, 1.165) is 58.6 Å². The van der Waals surface area contributed by atoms with Crippen molar-refractivity contribution in [1.29, 1.82) is 0 Å². The summed E-state index contributed by atoms with van der Waals surface area (Å²) in [6, 6.07) is 12.1. The van der Waals surface area contributed by atoms with Crippen LogP contribution in [0.15, 0.2) is 55.0 Å². The molecule has 0 spiro atoms. The van der Waals surface area contributed by atoms with E-state index in [1.807, 2.05) is 55.1 Å². The third-order valence-corrected chi connectivity index (χ3v) is 14.1. The highest BCUT2D eigenvalue weighted by molar-refractivity contribution is 7.90. The lowest BCUT2D eigenvalue weighted by Crippen LogP contribution is -2.41. The van der Waals surface area contributed by atoms with Crippen molar-refractivity contribution in [2.75, 3.05) is 0 Å². The number of fused-ring (bicyclic) bond motifs is 1. The van der Waals surface area contributed by atoms with E-state index in [4.69, 9.17) is 14.4 Å². The maximum absolute atomic E-state index is 12.9. The summed E-state index contributed by atoms with van der Waals surface area (Å²) in [5.74, 6) is 0.741. The Morgan fingerprint density at radius 2 is 1.78 bits per heavy atom. The minimum atomic E-state index is -1.89. The van der Waals surface area contributed by atoms with Gasteiger partial charge in [0.2, 0.25) is 0 Å². The molecule has 0 saturated carbocycles. The third-order valence-electron chi connectivity index (χ3n) is 7.97. The number of benzene rings is 1. The van der Waals surface area contributed by atoms with Gasteiger partial charge < -0.3 is 8.98 Å². The lowest BCUT2D eigenvalue weighted by molar-refractivity contribution is 0.272. The number of unbranched alkanes of at least 4 members (excludes halogenated alkanes) is 1. The van der Waals surface area contributed by atoms with Crippen molar-refractivity contribution in [2.45, 2.75) is 96.8 Å². The van der Waals surface area contributed by atoms with Crippen LogP contribution in [0.5, 0.6) is 0 Å². The normalized spacial score (nSPS) is 13.6. The number of pyridine rings is 1. The molecular weight excluding hydrogens is 549 g/mol. The zero-order valence-electron chi connectivity index (χ0n) is 25.7. The second-order valence-electron chi connectivity index (χ2n) is 12.7. The van der Waals surface area contributed by atoms with Crippen LogP contribution in [-0.2, 0) is 28.9 Å². The molecule has 0 amide bonds. The van der Waals surface area contributed by atoms with Crippen LogP contribution in [0.1, 0.15) is 72.2 Å². The highest BCUT2D eigenvalue weighted by Gasteiger charge is 2.37. The van der Waals surface area contributed by atoms with E-state index in [2.05, 4.69) is 61.7 Å². The minimum Gasteiger partial charge on any atom is -0.598 e. The summed E-state index contributed by atoms with van der Waals surface area (Å²) >= 11 is -1.18. The Morgan fingerprint density at radius 3 is 2.51 bits per heavy atom. The number of nitrogens with one attached hydrogen (secondary N) is 1. The second kappa shape index (κ2) is 12.7.